The summed E-state index contributed by atoms with van der Waals surface area (Å²) in [5, 5.41) is 6.49. The molecule has 1 unspecified atom stereocenters. The number of hydrogen-bond acceptors (Lipinski definition) is 3. The van der Waals surface area contributed by atoms with Crippen molar-refractivity contribution >= 4 is 0 Å². The van der Waals surface area contributed by atoms with E-state index in [1.54, 1.807) is 0 Å². The first-order valence-electron chi connectivity index (χ1n) is 3.81. The Labute approximate surface area is 66.2 Å². The number of nitrogens with zero attached hydrogens (tertiary/aromatic N) is 2. The zero-order valence-corrected chi connectivity index (χ0v) is 6.91. The third-order valence-electron chi connectivity index (χ3n) is 1.51. The number of hydrogen-bond donors (Lipinski definition) is 2. The summed E-state index contributed by atoms with van der Waals surface area (Å²) in [4.78, 5) is 3.98. The van der Waals surface area contributed by atoms with E-state index in [4.69, 9.17) is 5.73 Å². The van der Waals surface area contributed by atoms with E-state index in [9.17, 15) is 0 Å². The molecular weight excluding hydrogens is 140 g/mol. The van der Waals surface area contributed by atoms with Crippen LogP contribution in [0, 0.1) is 5.92 Å². The summed E-state index contributed by atoms with van der Waals surface area (Å²) in [5.74, 6) is 1.37. The lowest BCUT2D eigenvalue weighted by atomic mass is 10.0. The van der Waals surface area contributed by atoms with Crippen molar-refractivity contribution in [3.05, 3.63) is 12.2 Å². The second-order valence-corrected chi connectivity index (χ2v) is 3.11. The molecule has 1 heterocycles. The Bertz CT molecular complexity index is 192. The van der Waals surface area contributed by atoms with Gasteiger partial charge in [0.1, 0.15) is 12.2 Å². The van der Waals surface area contributed by atoms with Gasteiger partial charge in [-0.15, -0.1) is 0 Å². The van der Waals surface area contributed by atoms with Crippen molar-refractivity contribution in [2.75, 3.05) is 0 Å². The first-order valence-corrected chi connectivity index (χ1v) is 3.81. The molecule has 62 valence electrons. The number of aromatic nitrogens is 3. The fourth-order valence-electron chi connectivity index (χ4n) is 1.01. The predicted molar refractivity (Wildman–Crippen MR) is 42.8 cm³/mol. The fourth-order valence-corrected chi connectivity index (χ4v) is 1.01. The average molecular weight is 154 g/mol. The SMILES string of the molecule is CC(C)CC(N)c1ncn[nH]1. The maximum atomic E-state index is 5.81. The van der Waals surface area contributed by atoms with Gasteiger partial charge in [-0.1, -0.05) is 13.8 Å². The van der Waals surface area contributed by atoms with Gasteiger partial charge < -0.3 is 5.73 Å². The van der Waals surface area contributed by atoms with Crippen LogP contribution >= 0.6 is 0 Å². The molecule has 0 saturated heterocycles. The Kier molecular flexibility index (Phi) is 2.59. The van der Waals surface area contributed by atoms with Crippen molar-refractivity contribution in [1.82, 2.24) is 15.2 Å². The van der Waals surface area contributed by atoms with Gasteiger partial charge in [-0.2, -0.15) is 5.10 Å². The van der Waals surface area contributed by atoms with Crippen LogP contribution < -0.4 is 5.73 Å². The van der Waals surface area contributed by atoms with Crippen molar-refractivity contribution in [3.8, 4) is 0 Å². The molecule has 0 saturated carbocycles. The third kappa shape index (κ3) is 2.31. The molecule has 0 spiro atoms. The number of nitrogens with one attached hydrogen (secondary N) is 1. The molecule has 0 aliphatic carbocycles. The molecule has 0 fully saturated rings. The van der Waals surface area contributed by atoms with Gasteiger partial charge >= 0.3 is 0 Å². The summed E-state index contributed by atoms with van der Waals surface area (Å²) < 4.78 is 0. The van der Waals surface area contributed by atoms with Crippen molar-refractivity contribution in [1.29, 1.82) is 0 Å². The lowest BCUT2D eigenvalue weighted by Gasteiger charge is -2.09. The molecule has 3 N–H and O–H groups in total. The van der Waals surface area contributed by atoms with Crippen molar-refractivity contribution in [2.45, 2.75) is 26.3 Å². The summed E-state index contributed by atoms with van der Waals surface area (Å²) in [6.07, 6.45) is 2.42. The van der Waals surface area contributed by atoms with Gasteiger partial charge in [-0.25, -0.2) is 4.98 Å². The van der Waals surface area contributed by atoms with Gasteiger partial charge in [0.15, 0.2) is 0 Å². The Hall–Kier alpha value is -0.900. The Morgan fingerprint density at radius 3 is 2.82 bits per heavy atom. The Morgan fingerprint density at radius 2 is 2.36 bits per heavy atom. The molecule has 1 rings (SSSR count). The lowest BCUT2D eigenvalue weighted by Crippen LogP contribution is -2.14. The van der Waals surface area contributed by atoms with Crippen LogP contribution in [0.5, 0.6) is 0 Å². The van der Waals surface area contributed by atoms with Crippen LogP contribution in [0.15, 0.2) is 6.33 Å². The minimum absolute atomic E-state index is 0.00231. The zero-order valence-electron chi connectivity index (χ0n) is 6.91. The molecule has 0 bridgehead atoms. The monoisotopic (exact) mass is 154 g/mol. The maximum absolute atomic E-state index is 5.81. The minimum atomic E-state index is -0.00231. The summed E-state index contributed by atoms with van der Waals surface area (Å²) in [6, 6.07) is -0.00231. The molecule has 0 aliphatic heterocycles. The van der Waals surface area contributed by atoms with E-state index in [1.807, 2.05) is 0 Å². The Balaban J connectivity index is 2.49. The van der Waals surface area contributed by atoms with Gasteiger partial charge in [0.25, 0.3) is 0 Å². The number of aromatic amines is 1. The number of nitrogens with two attached hydrogens (primary N) is 1. The highest BCUT2D eigenvalue weighted by Crippen LogP contribution is 2.13. The quantitative estimate of drug-likeness (QED) is 0.678. The van der Waals surface area contributed by atoms with Crippen LogP contribution in [0.2, 0.25) is 0 Å². The smallest absolute Gasteiger partial charge is 0.141 e. The van der Waals surface area contributed by atoms with Crippen molar-refractivity contribution < 1.29 is 0 Å². The second-order valence-electron chi connectivity index (χ2n) is 3.11. The predicted octanol–water partition coefficient (Wildman–Crippen LogP) is 0.851. The summed E-state index contributed by atoms with van der Waals surface area (Å²) >= 11 is 0. The molecule has 0 aliphatic rings. The highest BCUT2D eigenvalue weighted by Gasteiger charge is 2.09. The molecule has 1 aromatic heterocycles. The summed E-state index contributed by atoms with van der Waals surface area (Å²) in [7, 11) is 0. The van der Waals surface area contributed by atoms with Crippen LogP contribution in [-0.2, 0) is 0 Å². The minimum Gasteiger partial charge on any atom is -0.321 e. The van der Waals surface area contributed by atoms with Gasteiger partial charge in [0, 0.05) is 0 Å². The zero-order chi connectivity index (χ0) is 8.27. The third-order valence-corrected chi connectivity index (χ3v) is 1.51. The van der Waals surface area contributed by atoms with E-state index in [2.05, 4.69) is 29.0 Å². The molecule has 4 nitrogen and oxygen atoms in total. The first-order chi connectivity index (χ1) is 5.20. The first kappa shape index (κ1) is 8.20. The highest BCUT2D eigenvalue weighted by atomic mass is 15.2. The maximum Gasteiger partial charge on any atom is 0.141 e. The largest absolute Gasteiger partial charge is 0.321 e. The fraction of sp³-hybridized carbons (Fsp3) is 0.714. The van der Waals surface area contributed by atoms with E-state index in [1.165, 1.54) is 6.33 Å². The van der Waals surface area contributed by atoms with Crippen molar-refractivity contribution in [3.63, 3.8) is 0 Å². The highest BCUT2D eigenvalue weighted by molar-refractivity contribution is 4.89. The second kappa shape index (κ2) is 3.48. The van der Waals surface area contributed by atoms with Crippen LogP contribution in [0.3, 0.4) is 0 Å². The van der Waals surface area contributed by atoms with Gasteiger partial charge in [0.2, 0.25) is 0 Å². The van der Waals surface area contributed by atoms with E-state index in [0.29, 0.717) is 5.92 Å². The molecule has 0 radical (unpaired) electrons. The van der Waals surface area contributed by atoms with E-state index in [-0.39, 0.29) is 6.04 Å². The summed E-state index contributed by atoms with van der Waals surface area (Å²) in [6.45, 7) is 4.27. The Morgan fingerprint density at radius 1 is 1.64 bits per heavy atom. The van der Waals surface area contributed by atoms with Crippen LogP contribution in [0.4, 0.5) is 0 Å². The van der Waals surface area contributed by atoms with Crippen LogP contribution in [-0.4, -0.2) is 15.2 Å². The summed E-state index contributed by atoms with van der Waals surface area (Å²) in [5.41, 5.74) is 5.81. The topological polar surface area (TPSA) is 67.6 Å². The van der Waals surface area contributed by atoms with E-state index >= 15 is 0 Å². The lowest BCUT2D eigenvalue weighted by molar-refractivity contribution is 0.494. The molecule has 0 amide bonds. The van der Waals surface area contributed by atoms with Gasteiger partial charge in [-0.05, 0) is 12.3 Å². The van der Waals surface area contributed by atoms with E-state index in [0.717, 1.165) is 12.2 Å². The molecule has 4 heteroatoms. The molecule has 1 aromatic rings. The number of H-pyrrole nitrogens is 1. The molecular formula is C7H14N4. The standard InChI is InChI=1S/C7H14N4/c1-5(2)3-6(8)7-9-4-10-11-7/h4-6H,3,8H2,1-2H3,(H,9,10,11). The van der Waals surface area contributed by atoms with Gasteiger partial charge in [0.05, 0.1) is 6.04 Å². The normalized spacial score (nSPS) is 13.8. The van der Waals surface area contributed by atoms with E-state index < -0.39 is 0 Å². The molecule has 11 heavy (non-hydrogen) atoms. The molecule has 1 atom stereocenters. The average Bonchev–Trinajstić information content (AvgIpc) is 2.35. The molecule has 0 aromatic carbocycles. The van der Waals surface area contributed by atoms with Crippen LogP contribution in [0.1, 0.15) is 32.1 Å². The van der Waals surface area contributed by atoms with Crippen LogP contribution in [0.25, 0.3) is 0 Å². The van der Waals surface area contributed by atoms with Gasteiger partial charge in [-0.3, -0.25) is 5.10 Å². The van der Waals surface area contributed by atoms with Crippen molar-refractivity contribution in [2.24, 2.45) is 11.7 Å². The number of rotatable bonds is 3.